The molecule has 3 N–H and O–H groups in total. The standard InChI is InChI=1S/C12H9ClF2N2O2S/c13-9-3-1-7(16)5-12(9)17-20(18,19)8-2-4-10(14)11(15)6-8/h1-6,17H,16H2. The molecule has 106 valence electrons. The Hall–Kier alpha value is -1.86. The van der Waals surface area contributed by atoms with E-state index < -0.39 is 26.6 Å². The molecule has 4 nitrogen and oxygen atoms in total. The van der Waals surface area contributed by atoms with E-state index in [2.05, 4.69) is 4.72 Å². The summed E-state index contributed by atoms with van der Waals surface area (Å²) in [5, 5.41) is 0.130. The number of anilines is 2. The zero-order valence-electron chi connectivity index (χ0n) is 9.90. The number of benzene rings is 2. The van der Waals surface area contributed by atoms with Gasteiger partial charge in [0, 0.05) is 5.69 Å². The average molecular weight is 319 g/mol. The monoisotopic (exact) mass is 318 g/mol. The Morgan fingerprint density at radius 2 is 1.75 bits per heavy atom. The van der Waals surface area contributed by atoms with Gasteiger partial charge < -0.3 is 5.73 Å². The summed E-state index contributed by atoms with van der Waals surface area (Å²) in [6.07, 6.45) is 0. The maximum atomic E-state index is 13.1. The van der Waals surface area contributed by atoms with Gasteiger partial charge in [-0.05, 0) is 36.4 Å². The van der Waals surface area contributed by atoms with Crippen LogP contribution in [0, 0.1) is 11.6 Å². The number of sulfonamides is 1. The van der Waals surface area contributed by atoms with E-state index in [1.54, 1.807) is 0 Å². The molecule has 0 heterocycles. The van der Waals surface area contributed by atoms with Gasteiger partial charge in [0.25, 0.3) is 10.0 Å². The van der Waals surface area contributed by atoms with E-state index in [1.165, 1.54) is 18.2 Å². The van der Waals surface area contributed by atoms with Crippen molar-refractivity contribution in [3.8, 4) is 0 Å². The van der Waals surface area contributed by atoms with Crippen LogP contribution in [-0.2, 0) is 10.0 Å². The van der Waals surface area contributed by atoms with E-state index >= 15 is 0 Å². The summed E-state index contributed by atoms with van der Waals surface area (Å²) in [6.45, 7) is 0. The molecule has 2 aromatic rings. The lowest BCUT2D eigenvalue weighted by molar-refractivity contribution is 0.504. The number of nitrogen functional groups attached to an aromatic ring is 1. The Morgan fingerprint density at radius 3 is 2.40 bits per heavy atom. The van der Waals surface area contributed by atoms with Crippen LogP contribution in [0.1, 0.15) is 0 Å². The van der Waals surface area contributed by atoms with Gasteiger partial charge in [-0.2, -0.15) is 0 Å². The summed E-state index contributed by atoms with van der Waals surface area (Å²) in [7, 11) is -4.09. The van der Waals surface area contributed by atoms with Gasteiger partial charge in [0.05, 0.1) is 15.6 Å². The fourth-order valence-corrected chi connectivity index (χ4v) is 2.77. The summed E-state index contributed by atoms with van der Waals surface area (Å²) in [5.41, 5.74) is 5.88. The van der Waals surface area contributed by atoms with Crippen molar-refractivity contribution in [1.29, 1.82) is 0 Å². The van der Waals surface area contributed by atoms with Crippen molar-refractivity contribution >= 4 is 33.0 Å². The molecule has 8 heteroatoms. The van der Waals surface area contributed by atoms with Crippen LogP contribution in [0.3, 0.4) is 0 Å². The topological polar surface area (TPSA) is 72.2 Å². The van der Waals surface area contributed by atoms with Gasteiger partial charge in [-0.1, -0.05) is 11.6 Å². The molecular weight excluding hydrogens is 310 g/mol. The van der Waals surface area contributed by atoms with Gasteiger partial charge in [-0.25, -0.2) is 17.2 Å². The third-order valence-electron chi connectivity index (χ3n) is 2.44. The van der Waals surface area contributed by atoms with Crippen LogP contribution >= 0.6 is 11.6 Å². The molecule has 0 saturated heterocycles. The summed E-state index contributed by atoms with van der Waals surface area (Å²) in [6, 6.07) is 6.49. The molecule has 20 heavy (non-hydrogen) atoms. The van der Waals surface area contributed by atoms with Gasteiger partial charge in [-0.15, -0.1) is 0 Å². The second-order valence-corrected chi connectivity index (χ2v) is 6.01. The number of nitrogens with two attached hydrogens (primary N) is 1. The van der Waals surface area contributed by atoms with Crippen LogP contribution in [0.5, 0.6) is 0 Å². The van der Waals surface area contributed by atoms with Crippen molar-refractivity contribution in [2.75, 3.05) is 10.5 Å². The minimum atomic E-state index is -4.09. The lowest BCUT2D eigenvalue weighted by Gasteiger charge is -2.10. The van der Waals surface area contributed by atoms with Gasteiger partial charge in [-0.3, -0.25) is 4.72 Å². The fourth-order valence-electron chi connectivity index (χ4n) is 1.47. The van der Waals surface area contributed by atoms with Crippen LogP contribution in [-0.4, -0.2) is 8.42 Å². The largest absolute Gasteiger partial charge is 0.399 e. The third kappa shape index (κ3) is 3.00. The first-order chi connectivity index (χ1) is 9.29. The Bertz CT molecular complexity index is 766. The summed E-state index contributed by atoms with van der Waals surface area (Å²) >= 11 is 5.83. The predicted molar refractivity (Wildman–Crippen MR) is 73.0 cm³/mol. The molecule has 2 rings (SSSR count). The molecule has 0 fully saturated rings. The highest BCUT2D eigenvalue weighted by Crippen LogP contribution is 2.27. The van der Waals surface area contributed by atoms with Crippen LogP contribution in [0.25, 0.3) is 0 Å². The van der Waals surface area contributed by atoms with Crippen molar-refractivity contribution in [2.24, 2.45) is 0 Å². The smallest absolute Gasteiger partial charge is 0.262 e. The van der Waals surface area contributed by atoms with E-state index in [1.807, 2.05) is 0 Å². The second kappa shape index (κ2) is 5.26. The Kier molecular flexibility index (Phi) is 3.82. The Labute approximate surface area is 119 Å². The maximum absolute atomic E-state index is 13.1. The molecule has 0 unspecified atom stereocenters. The van der Waals surface area contributed by atoms with E-state index in [0.717, 1.165) is 12.1 Å². The molecule has 0 aromatic heterocycles. The lowest BCUT2D eigenvalue weighted by atomic mass is 10.3. The number of hydrogen-bond acceptors (Lipinski definition) is 3. The first kappa shape index (κ1) is 14.5. The predicted octanol–water partition coefficient (Wildman–Crippen LogP) is 3.00. The van der Waals surface area contributed by atoms with Crippen LogP contribution in [0.15, 0.2) is 41.3 Å². The highest BCUT2D eigenvalue weighted by molar-refractivity contribution is 7.92. The Balaban J connectivity index is 2.40. The molecule has 0 saturated carbocycles. The maximum Gasteiger partial charge on any atom is 0.262 e. The highest BCUT2D eigenvalue weighted by atomic mass is 35.5. The SMILES string of the molecule is Nc1ccc(Cl)c(NS(=O)(=O)c2ccc(F)c(F)c2)c1. The second-order valence-electron chi connectivity index (χ2n) is 3.92. The van der Waals surface area contributed by atoms with Crippen LogP contribution in [0.2, 0.25) is 5.02 Å². The van der Waals surface area contributed by atoms with E-state index in [0.29, 0.717) is 11.8 Å². The normalized spacial score (nSPS) is 11.3. The minimum Gasteiger partial charge on any atom is -0.399 e. The minimum absolute atomic E-state index is 0.0522. The fraction of sp³-hybridized carbons (Fsp3) is 0. The number of hydrogen-bond donors (Lipinski definition) is 2. The molecule has 0 aliphatic rings. The van der Waals surface area contributed by atoms with Gasteiger partial charge >= 0.3 is 0 Å². The third-order valence-corrected chi connectivity index (χ3v) is 4.13. The molecule has 2 aromatic carbocycles. The number of rotatable bonds is 3. The Morgan fingerprint density at radius 1 is 1.05 bits per heavy atom. The highest BCUT2D eigenvalue weighted by Gasteiger charge is 2.18. The lowest BCUT2D eigenvalue weighted by Crippen LogP contribution is -2.14. The summed E-state index contributed by atoms with van der Waals surface area (Å²) < 4.78 is 52.1. The zero-order chi connectivity index (χ0) is 14.9. The average Bonchev–Trinajstić information content (AvgIpc) is 2.36. The molecule has 0 atom stereocenters. The first-order valence-electron chi connectivity index (χ1n) is 5.32. The zero-order valence-corrected chi connectivity index (χ0v) is 11.5. The van der Waals surface area contributed by atoms with Crippen molar-refractivity contribution in [3.05, 3.63) is 53.1 Å². The molecule has 0 amide bonds. The molecule has 0 bridgehead atoms. The summed E-state index contributed by atoms with van der Waals surface area (Å²) in [4.78, 5) is -0.421. The molecule has 0 radical (unpaired) electrons. The quantitative estimate of drug-likeness (QED) is 0.854. The summed E-state index contributed by atoms with van der Waals surface area (Å²) in [5.74, 6) is -2.39. The molecule has 0 aliphatic carbocycles. The number of nitrogens with one attached hydrogen (secondary N) is 1. The van der Waals surface area contributed by atoms with E-state index in [4.69, 9.17) is 17.3 Å². The first-order valence-corrected chi connectivity index (χ1v) is 7.18. The van der Waals surface area contributed by atoms with E-state index in [9.17, 15) is 17.2 Å². The molecular formula is C12H9ClF2N2O2S. The number of halogens is 3. The van der Waals surface area contributed by atoms with Gasteiger partial charge in [0.2, 0.25) is 0 Å². The van der Waals surface area contributed by atoms with Crippen LogP contribution in [0.4, 0.5) is 20.2 Å². The van der Waals surface area contributed by atoms with Gasteiger partial charge in [0.15, 0.2) is 11.6 Å². The van der Waals surface area contributed by atoms with Crippen molar-refractivity contribution < 1.29 is 17.2 Å². The van der Waals surface area contributed by atoms with Gasteiger partial charge in [0.1, 0.15) is 0 Å². The van der Waals surface area contributed by atoms with Crippen molar-refractivity contribution in [3.63, 3.8) is 0 Å². The molecule has 0 spiro atoms. The van der Waals surface area contributed by atoms with Crippen LogP contribution < -0.4 is 10.5 Å². The molecule has 0 aliphatic heterocycles. The van der Waals surface area contributed by atoms with E-state index in [-0.39, 0.29) is 10.7 Å². The van der Waals surface area contributed by atoms with Crippen molar-refractivity contribution in [1.82, 2.24) is 0 Å². The van der Waals surface area contributed by atoms with Crippen molar-refractivity contribution in [2.45, 2.75) is 4.90 Å².